The molecule has 0 atom stereocenters. The van der Waals surface area contributed by atoms with Crippen LogP contribution in [0, 0.1) is 17.5 Å². The van der Waals surface area contributed by atoms with E-state index in [4.69, 9.17) is 4.74 Å². The Morgan fingerprint density at radius 2 is 1.76 bits per heavy atom. The van der Waals surface area contributed by atoms with Gasteiger partial charge in [0.2, 0.25) is 5.91 Å². The molecule has 1 fully saturated rings. The van der Waals surface area contributed by atoms with Crippen LogP contribution >= 0.6 is 11.3 Å². The summed E-state index contributed by atoms with van der Waals surface area (Å²) in [6.07, 6.45) is 1.02. The summed E-state index contributed by atoms with van der Waals surface area (Å²) in [5.74, 6) is -5.46. The molecule has 5 rings (SSSR count). The van der Waals surface area contributed by atoms with E-state index in [1.165, 1.54) is 17.5 Å². The van der Waals surface area contributed by atoms with E-state index in [-0.39, 0.29) is 33.7 Å². The first-order valence-electron chi connectivity index (χ1n) is 10.4. The van der Waals surface area contributed by atoms with Crippen molar-refractivity contribution in [2.75, 3.05) is 4.90 Å². The number of benzene rings is 2. The Kier molecular flexibility index (Phi) is 5.20. The molecule has 2 heterocycles. The molecule has 34 heavy (non-hydrogen) atoms. The minimum Gasteiger partial charge on any atom is -0.482 e. The summed E-state index contributed by atoms with van der Waals surface area (Å²) in [6.45, 7) is 0. The Hall–Kier alpha value is -3.66. The number of hydrogen-bond acceptors (Lipinski definition) is 5. The molecular weight excluding hydrogens is 471 g/mol. The minimum absolute atomic E-state index is 0.00827. The highest BCUT2D eigenvalue weighted by Crippen LogP contribution is 2.47. The van der Waals surface area contributed by atoms with Crippen LogP contribution in [0.4, 0.5) is 18.9 Å². The lowest BCUT2D eigenvalue weighted by molar-refractivity contribution is -0.117. The van der Waals surface area contributed by atoms with E-state index in [2.05, 4.69) is 0 Å². The van der Waals surface area contributed by atoms with Gasteiger partial charge in [-0.25, -0.2) is 22.9 Å². The molecule has 6 nitrogen and oxygen atoms in total. The summed E-state index contributed by atoms with van der Waals surface area (Å²) in [7, 11) is 0. The summed E-state index contributed by atoms with van der Waals surface area (Å²) in [5.41, 5.74) is -1.86. The third-order valence-electron chi connectivity index (χ3n) is 6.12. The van der Waals surface area contributed by atoms with Crippen LogP contribution in [-0.4, -0.2) is 22.9 Å². The van der Waals surface area contributed by atoms with Gasteiger partial charge < -0.3 is 9.84 Å². The Balaban J connectivity index is 1.54. The monoisotopic (exact) mass is 487 g/mol. The largest absolute Gasteiger partial charge is 0.482 e. The number of hydrogen-bond donors (Lipinski definition) is 1. The van der Waals surface area contributed by atoms with Crippen molar-refractivity contribution in [2.45, 2.75) is 31.3 Å². The van der Waals surface area contributed by atoms with E-state index in [0.29, 0.717) is 24.2 Å². The fourth-order valence-electron chi connectivity index (χ4n) is 4.41. The fourth-order valence-corrected chi connectivity index (χ4v) is 5.31. The minimum atomic E-state index is -1.33. The van der Waals surface area contributed by atoms with E-state index in [1.54, 1.807) is 0 Å². The lowest BCUT2D eigenvalue weighted by Crippen LogP contribution is -2.43. The zero-order chi connectivity index (χ0) is 24.2. The van der Waals surface area contributed by atoms with Crippen LogP contribution in [0.1, 0.15) is 50.4 Å². The SMILES string of the molecule is O=C(O)c1scc2c1C(=O)N(c1cc(OC3(c4c(F)cccc4F)CCC3)ccc1F)C(=O)C2. The average molecular weight is 487 g/mol. The number of nitrogens with zero attached hydrogens (tertiary/aromatic N) is 1. The molecule has 0 bridgehead atoms. The Morgan fingerprint density at radius 1 is 1.06 bits per heavy atom. The summed E-state index contributed by atoms with van der Waals surface area (Å²) >= 11 is 0.814. The predicted octanol–water partition coefficient (Wildman–Crippen LogP) is 5.05. The maximum atomic E-state index is 14.8. The van der Waals surface area contributed by atoms with Gasteiger partial charge in [-0.1, -0.05) is 6.07 Å². The molecule has 2 aromatic carbocycles. The first-order chi connectivity index (χ1) is 16.2. The lowest BCUT2D eigenvalue weighted by atomic mass is 9.74. The Morgan fingerprint density at radius 3 is 2.38 bits per heavy atom. The van der Waals surface area contributed by atoms with Gasteiger partial charge in [-0.2, -0.15) is 0 Å². The number of aromatic carboxylic acids is 1. The maximum Gasteiger partial charge on any atom is 0.346 e. The van der Waals surface area contributed by atoms with Crippen molar-refractivity contribution in [3.8, 4) is 5.75 Å². The number of ether oxygens (including phenoxy) is 1. The molecule has 1 aromatic heterocycles. The standard InChI is InChI=1S/C24H16F3NO5S/c25-14-6-5-13(33-24(7-2-8-24)20-15(26)3-1-4-16(20)27)10-17(14)28-18(29)9-12-11-34-21(23(31)32)19(12)22(28)30/h1,3-6,10-11H,2,7-9H2,(H,31,32). The number of carbonyl (C=O) groups excluding carboxylic acids is 2. The first kappa shape index (κ1) is 22.1. The zero-order valence-electron chi connectivity index (χ0n) is 17.4. The number of thiophene rings is 1. The number of halogens is 3. The molecule has 2 aliphatic rings. The number of carboxylic acids is 1. The summed E-state index contributed by atoms with van der Waals surface area (Å²) in [5, 5.41) is 10.8. The van der Waals surface area contributed by atoms with E-state index in [9.17, 15) is 32.7 Å². The molecule has 174 valence electrons. The van der Waals surface area contributed by atoms with Gasteiger partial charge in [0.1, 0.15) is 33.7 Å². The number of carboxylic acid groups (broad SMARTS) is 1. The van der Waals surface area contributed by atoms with Gasteiger partial charge in [0.05, 0.1) is 23.2 Å². The molecule has 1 saturated carbocycles. The number of amides is 2. The van der Waals surface area contributed by atoms with Crippen LogP contribution in [0.2, 0.25) is 0 Å². The van der Waals surface area contributed by atoms with Gasteiger partial charge in [0, 0.05) is 6.07 Å². The normalized spacial score (nSPS) is 16.7. The van der Waals surface area contributed by atoms with Crippen molar-refractivity contribution in [1.29, 1.82) is 0 Å². The second-order valence-electron chi connectivity index (χ2n) is 8.14. The highest BCUT2D eigenvalue weighted by Gasteiger charge is 2.45. The third kappa shape index (κ3) is 3.37. The summed E-state index contributed by atoms with van der Waals surface area (Å²) in [6, 6.07) is 6.84. The number of fused-ring (bicyclic) bond motifs is 1. The van der Waals surface area contributed by atoms with Crippen molar-refractivity contribution in [3.63, 3.8) is 0 Å². The van der Waals surface area contributed by atoms with Crippen LogP contribution in [0.3, 0.4) is 0 Å². The molecule has 1 N–H and O–H groups in total. The second-order valence-corrected chi connectivity index (χ2v) is 9.02. The van der Waals surface area contributed by atoms with Crippen LogP contribution in [0.25, 0.3) is 0 Å². The van der Waals surface area contributed by atoms with Crippen LogP contribution in [0.15, 0.2) is 41.8 Å². The number of anilines is 1. The quantitative estimate of drug-likeness (QED) is 0.509. The van der Waals surface area contributed by atoms with Crippen molar-refractivity contribution in [2.24, 2.45) is 0 Å². The van der Waals surface area contributed by atoms with E-state index in [1.807, 2.05) is 0 Å². The summed E-state index contributed by atoms with van der Waals surface area (Å²) < 4.78 is 49.8. The molecule has 1 aliphatic heterocycles. The van der Waals surface area contributed by atoms with Gasteiger partial charge in [-0.3, -0.25) is 9.59 Å². The fraction of sp³-hybridized carbons (Fsp3) is 0.208. The Labute approximate surface area is 195 Å². The molecule has 0 spiro atoms. The van der Waals surface area contributed by atoms with Crippen LogP contribution in [-0.2, 0) is 16.8 Å². The van der Waals surface area contributed by atoms with Crippen LogP contribution < -0.4 is 9.64 Å². The van der Waals surface area contributed by atoms with Crippen LogP contribution in [0.5, 0.6) is 5.75 Å². The van der Waals surface area contributed by atoms with Gasteiger partial charge in [-0.05, 0) is 54.5 Å². The van der Waals surface area contributed by atoms with E-state index < -0.39 is 46.5 Å². The maximum absolute atomic E-state index is 14.8. The van der Waals surface area contributed by atoms with Gasteiger partial charge in [-0.15, -0.1) is 11.3 Å². The topological polar surface area (TPSA) is 83.9 Å². The number of carbonyl (C=O) groups is 3. The van der Waals surface area contributed by atoms with Crippen molar-refractivity contribution >= 4 is 34.8 Å². The van der Waals surface area contributed by atoms with Crippen molar-refractivity contribution < 1.29 is 37.4 Å². The highest BCUT2D eigenvalue weighted by molar-refractivity contribution is 7.12. The average Bonchev–Trinajstić information content (AvgIpc) is 3.18. The van der Waals surface area contributed by atoms with Gasteiger partial charge in [0.15, 0.2) is 0 Å². The number of rotatable bonds is 5. The molecule has 2 amide bonds. The smallest absolute Gasteiger partial charge is 0.346 e. The molecule has 1 aliphatic carbocycles. The molecule has 0 radical (unpaired) electrons. The Bertz CT molecular complexity index is 1340. The molecule has 10 heteroatoms. The highest BCUT2D eigenvalue weighted by atomic mass is 32.1. The van der Waals surface area contributed by atoms with E-state index >= 15 is 0 Å². The first-order valence-corrected chi connectivity index (χ1v) is 11.2. The van der Waals surface area contributed by atoms with Crippen molar-refractivity contribution in [3.05, 3.63) is 80.8 Å². The van der Waals surface area contributed by atoms with Gasteiger partial charge >= 0.3 is 5.97 Å². The third-order valence-corrected chi connectivity index (χ3v) is 7.14. The van der Waals surface area contributed by atoms with Gasteiger partial charge in [0.25, 0.3) is 5.91 Å². The van der Waals surface area contributed by atoms with Crippen molar-refractivity contribution in [1.82, 2.24) is 0 Å². The lowest BCUT2D eigenvalue weighted by Gasteiger charge is -2.42. The van der Waals surface area contributed by atoms with E-state index in [0.717, 1.165) is 35.6 Å². The molecular formula is C24H16F3NO5S. The zero-order valence-corrected chi connectivity index (χ0v) is 18.3. The molecule has 3 aromatic rings. The number of imide groups is 1. The predicted molar refractivity (Wildman–Crippen MR) is 116 cm³/mol. The molecule has 0 saturated heterocycles. The molecule has 0 unspecified atom stereocenters. The second kappa shape index (κ2) is 7.98. The summed E-state index contributed by atoms with van der Waals surface area (Å²) in [4.78, 5) is 37.7.